The molecular formula is C23H23N5O4. The highest BCUT2D eigenvalue weighted by molar-refractivity contribution is 6.22. The van der Waals surface area contributed by atoms with Gasteiger partial charge in [-0.05, 0) is 34.5 Å². The number of imide groups is 1. The van der Waals surface area contributed by atoms with Gasteiger partial charge in [0.1, 0.15) is 6.04 Å². The lowest BCUT2D eigenvalue weighted by Gasteiger charge is -2.24. The maximum absolute atomic E-state index is 13.2. The number of aryl methyl sites for hydroxylation is 1. The number of aromatic nitrogens is 4. The Balaban J connectivity index is 1.56. The third-order valence-corrected chi connectivity index (χ3v) is 5.35. The van der Waals surface area contributed by atoms with Crippen LogP contribution in [0.4, 0.5) is 0 Å². The van der Waals surface area contributed by atoms with Gasteiger partial charge >= 0.3 is 5.97 Å². The number of fused-ring (bicyclic) bond motifs is 1. The number of nitrogens with zero attached hydrogens (tertiary/aromatic N) is 5. The van der Waals surface area contributed by atoms with Crippen LogP contribution in [0.2, 0.25) is 0 Å². The van der Waals surface area contributed by atoms with Crippen LogP contribution in [0.5, 0.6) is 0 Å². The maximum Gasteiger partial charge on any atom is 0.330 e. The fourth-order valence-electron chi connectivity index (χ4n) is 3.65. The van der Waals surface area contributed by atoms with E-state index in [2.05, 4.69) is 22.4 Å². The molecule has 9 nitrogen and oxygen atoms in total. The summed E-state index contributed by atoms with van der Waals surface area (Å²) in [6, 6.07) is 14.6. The zero-order valence-electron chi connectivity index (χ0n) is 17.7. The molecule has 1 atom stereocenters. The molecule has 1 aliphatic heterocycles. The lowest BCUT2D eigenvalue weighted by molar-refractivity contribution is -0.150. The number of benzene rings is 2. The first-order valence-corrected chi connectivity index (χ1v) is 10.5. The van der Waals surface area contributed by atoms with Crippen molar-refractivity contribution >= 4 is 17.8 Å². The van der Waals surface area contributed by atoms with Gasteiger partial charge in [-0.3, -0.25) is 14.5 Å². The van der Waals surface area contributed by atoms with Crippen molar-refractivity contribution in [2.24, 2.45) is 0 Å². The number of rotatable bonds is 9. The molecule has 2 aromatic carbocycles. The fraction of sp³-hybridized carbons (Fsp3) is 0.304. The predicted molar refractivity (Wildman–Crippen MR) is 113 cm³/mol. The van der Waals surface area contributed by atoms with Crippen molar-refractivity contribution in [2.45, 2.75) is 45.4 Å². The van der Waals surface area contributed by atoms with Crippen LogP contribution >= 0.6 is 0 Å². The number of esters is 1. The summed E-state index contributed by atoms with van der Waals surface area (Å²) in [5.74, 6) is -1.28. The van der Waals surface area contributed by atoms with Gasteiger partial charge in [-0.25, -0.2) is 9.48 Å². The number of hydrogen-bond acceptors (Lipinski definition) is 7. The van der Waals surface area contributed by atoms with Gasteiger partial charge < -0.3 is 4.74 Å². The van der Waals surface area contributed by atoms with Crippen LogP contribution in [0.15, 0.2) is 54.6 Å². The van der Waals surface area contributed by atoms with Crippen LogP contribution in [0.3, 0.4) is 0 Å². The summed E-state index contributed by atoms with van der Waals surface area (Å²) >= 11 is 0. The summed E-state index contributed by atoms with van der Waals surface area (Å²) in [6.45, 7) is 2.52. The fourth-order valence-corrected chi connectivity index (χ4v) is 3.65. The van der Waals surface area contributed by atoms with E-state index in [9.17, 15) is 14.4 Å². The van der Waals surface area contributed by atoms with E-state index in [4.69, 9.17) is 4.74 Å². The molecule has 0 spiro atoms. The Labute approximate surface area is 185 Å². The van der Waals surface area contributed by atoms with E-state index in [1.165, 1.54) is 0 Å². The monoisotopic (exact) mass is 433 g/mol. The molecule has 0 saturated carbocycles. The Hall–Kier alpha value is -3.88. The van der Waals surface area contributed by atoms with Gasteiger partial charge in [-0.2, -0.15) is 0 Å². The van der Waals surface area contributed by atoms with Crippen molar-refractivity contribution in [2.75, 3.05) is 0 Å². The smallest absolute Gasteiger partial charge is 0.330 e. The molecule has 0 bridgehead atoms. The molecule has 4 rings (SSSR count). The van der Waals surface area contributed by atoms with Crippen molar-refractivity contribution in [3.05, 3.63) is 77.1 Å². The lowest BCUT2D eigenvalue weighted by Crippen LogP contribution is -2.47. The molecule has 0 radical (unpaired) electrons. The molecule has 32 heavy (non-hydrogen) atoms. The number of carbonyl (C=O) groups excluding carboxylic acids is 3. The van der Waals surface area contributed by atoms with Crippen molar-refractivity contribution in [1.29, 1.82) is 0 Å². The minimum Gasteiger partial charge on any atom is -0.456 e. The van der Waals surface area contributed by atoms with Crippen molar-refractivity contribution in [3.63, 3.8) is 0 Å². The molecule has 1 unspecified atom stereocenters. The first kappa shape index (κ1) is 21.4. The SMILES string of the molecule is CCCCn1nnnc1COC(=O)C(Cc1ccccc1)N1C(=O)c2ccccc2C1=O. The van der Waals surface area contributed by atoms with E-state index in [0.717, 1.165) is 23.3 Å². The Morgan fingerprint density at radius 1 is 1.00 bits per heavy atom. The standard InChI is InChI=1S/C23H23N5O4/c1-2-3-13-27-20(24-25-26-27)15-32-23(31)19(14-16-9-5-4-6-10-16)28-21(29)17-11-7-8-12-18(17)22(28)30/h4-12,19H,2-3,13-15H2,1H3. The Kier molecular flexibility index (Phi) is 6.34. The van der Waals surface area contributed by atoms with Crippen LogP contribution in [0, 0.1) is 0 Å². The van der Waals surface area contributed by atoms with Crippen LogP contribution in [-0.4, -0.2) is 48.9 Å². The van der Waals surface area contributed by atoms with Gasteiger partial charge in [-0.15, -0.1) is 5.10 Å². The highest BCUT2D eigenvalue weighted by Gasteiger charge is 2.43. The molecule has 9 heteroatoms. The predicted octanol–water partition coefficient (Wildman–Crippen LogP) is 2.42. The number of unbranched alkanes of at least 4 members (excludes halogenated alkanes) is 1. The third-order valence-electron chi connectivity index (χ3n) is 5.35. The van der Waals surface area contributed by atoms with E-state index in [-0.39, 0.29) is 24.2 Å². The molecule has 3 aromatic rings. The second-order valence-electron chi connectivity index (χ2n) is 7.51. The summed E-state index contributed by atoms with van der Waals surface area (Å²) in [6.07, 6.45) is 2.00. The third kappa shape index (κ3) is 4.27. The minimum atomic E-state index is -1.11. The number of amides is 2. The highest BCUT2D eigenvalue weighted by atomic mass is 16.5. The summed E-state index contributed by atoms with van der Waals surface area (Å²) < 4.78 is 7.09. The van der Waals surface area contributed by atoms with Gasteiger partial charge in [0.25, 0.3) is 11.8 Å². The Morgan fingerprint density at radius 3 is 2.31 bits per heavy atom. The summed E-state index contributed by atoms with van der Waals surface area (Å²) in [5, 5.41) is 11.5. The van der Waals surface area contributed by atoms with Crippen molar-refractivity contribution in [1.82, 2.24) is 25.1 Å². The first-order chi connectivity index (χ1) is 15.6. The van der Waals surface area contributed by atoms with Crippen LogP contribution in [0.1, 0.15) is 51.9 Å². The number of carbonyl (C=O) groups is 3. The second-order valence-corrected chi connectivity index (χ2v) is 7.51. The van der Waals surface area contributed by atoms with Crippen LogP contribution in [0.25, 0.3) is 0 Å². The van der Waals surface area contributed by atoms with E-state index in [1.54, 1.807) is 28.9 Å². The molecule has 1 aromatic heterocycles. The Bertz CT molecular complexity index is 1090. The molecule has 164 valence electrons. The topological polar surface area (TPSA) is 107 Å². The van der Waals surface area contributed by atoms with Crippen LogP contribution in [-0.2, 0) is 29.1 Å². The molecule has 2 amide bonds. The minimum absolute atomic E-state index is 0.145. The normalized spacial score (nSPS) is 13.8. The zero-order chi connectivity index (χ0) is 22.5. The van der Waals surface area contributed by atoms with E-state index in [1.807, 2.05) is 30.3 Å². The molecule has 0 aliphatic carbocycles. The molecule has 0 fully saturated rings. The quantitative estimate of drug-likeness (QED) is 0.377. The average Bonchev–Trinajstić information content (AvgIpc) is 3.37. The lowest BCUT2D eigenvalue weighted by atomic mass is 10.0. The molecule has 1 aliphatic rings. The van der Waals surface area contributed by atoms with Crippen LogP contribution < -0.4 is 0 Å². The number of ether oxygens (including phenoxy) is 1. The molecule has 2 heterocycles. The summed E-state index contributed by atoms with van der Waals surface area (Å²) in [4.78, 5) is 40.2. The largest absolute Gasteiger partial charge is 0.456 e. The van der Waals surface area contributed by atoms with E-state index < -0.39 is 23.8 Å². The number of hydrogen-bond donors (Lipinski definition) is 0. The van der Waals surface area contributed by atoms with Gasteiger partial charge in [0.2, 0.25) is 0 Å². The molecular weight excluding hydrogens is 410 g/mol. The van der Waals surface area contributed by atoms with Crippen molar-refractivity contribution < 1.29 is 19.1 Å². The van der Waals surface area contributed by atoms with Gasteiger partial charge in [0, 0.05) is 13.0 Å². The average molecular weight is 433 g/mol. The number of tetrazole rings is 1. The van der Waals surface area contributed by atoms with Gasteiger partial charge in [0.15, 0.2) is 12.4 Å². The second kappa shape index (κ2) is 9.51. The van der Waals surface area contributed by atoms with E-state index >= 15 is 0 Å². The van der Waals surface area contributed by atoms with Gasteiger partial charge in [-0.1, -0.05) is 55.8 Å². The highest BCUT2D eigenvalue weighted by Crippen LogP contribution is 2.26. The first-order valence-electron chi connectivity index (χ1n) is 10.5. The van der Waals surface area contributed by atoms with Crippen molar-refractivity contribution in [3.8, 4) is 0 Å². The van der Waals surface area contributed by atoms with E-state index in [0.29, 0.717) is 12.4 Å². The molecule has 0 N–H and O–H groups in total. The molecule has 0 saturated heterocycles. The summed E-state index contributed by atoms with van der Waals surface area (Å²) in [5.41, 5.74) is 1.37. The zero-order valence-corrected chi connectivity index (χ0v) is 17.7. The maximum atomic E-state index is 13.2. The Morgan fingerprint density at radius 2 is 1.66 bits per heavy atom. The summed E-state index contributed by atoms with van der Waals surface area (Å²) in [7, 11) is 0. The van der Waals surface area contributed by atoms with Gasteiger partial charge in [0.05, 0.1) is 11.1 Å².